The van der Waals surface area contributed by atoms with E-state index in [-0.39, 0.29) is 34.8 Å². The molecule has 12 nitrogen and oxygen atoms in total. The van der Waals surface area contributed by atoms with Gasteiger partial charge in [-0.3, -0.25) is 24.6 Å². The second-order valence-corrected chi connectivity index (χ2v) is 9.42. The molecule has 0 saturated carbocycles. The first-order valence-electron chi connectivity index (χ1n) is 13.5. The number of nitrogens with two attached hydrogens (primary N) is 1. The van der Waals surface area contributed by atoms with Crippen molar-refractivity contribution in [1.29, 1.82) is 0 Å². The van der Waals surface area contributed by atoms with Gasteiger partial charge in [0.25, 0.3) is 11.5 Å². The van der Waals surface area contributed by atoms with Gasteiger partial charge in [-0.05, 0) is 37.6 Å². The molecule has 0 radical (unpaired) electrons. The number of anilines is 1. The zero-order chi connectivity index (χ0) is 30.2. The van der Waals surface area contributed by atoms with Crippen molar-refractivity contribution in [2.45, 2.75) is 26.8 Å². The molecule has 13 heteroatoms. The number of nitrogens with zero attached hydrogens (tertiary/aromatic N) is 4. The molecule has 0 spiro atoms. The summed E-state index contributed by atoms with van der Waals surface area (Å²) >= 11 is 0. The molecule has 1 fully saturated rings. The summed E-state index contributed by atoms with van der Waals surface area (Å²) in [6, 6.07) is 12.4. The molecule has 1 aliphatic rings. The molecule has 0 unspecified atom stereocenters. The molecule has 3 amide bonds. The zero-order valence-corrected chi connectivity index (χ0v) is 23.7. The fourth-order valence-electron chi connectivity index (χ4n) is 4.47. The molecule has 42 heavy (non-hydrogen) atoms. The molecular weight excluding hydrogens is 545 g/mol. The van der Waals surface area contributed by atoms with Crippen LogP contribution < -0.4 is 26.7 Å². The lowest BCUT2D eigenvalue weighted by molar-refractivity contribution is 0.0543. The summed E-state index contributed by atoms with van der Waals surface area (Å²) in [6.45, 7) is 5.99. The minimum atomic E-state index is -0.807. The quantitative estimate of drug-likeness (QED) is 0.213. The third-order valence-electron chi connectivity index (χ3n) is 6.53. The van der Waals surface area contributed by atoms with E-state index < -0.39 is 17.3 Å². The number of amidine groups is 1. The van der Waals surface area contributed by atoms with Crippen molar-refractivity contribution in [2.24, 2.45) is 10.7 Å². The van der Waals surface area contributed by atoms with Crippen LogP contribution in [0.3, 0.4) is 0 Å². The zero-order valence-electron chi connectivity index (χ0n) is 23.7. The second kappa shape index (κ2) is 13.6. The molecule has 4 N–H and O–H groups in total. The first-order valence-corrected chi connectivity index (χ1v) is 13.5. The fraction of sp³-hybridized carbons (Fsp3) is 0.310. The number of amides is 3. The number of rotatable bonds is 8. The number of nitrogens with one attached hydrogen (secondary N) is 2. The number of benzene rings is 2. The normalized spacial score (nSPS) is 14.0. The van der Waals surface area contributed by atoms with E-state index in [9.17, 15) is 18.8 Å². The Hall–Kier alpha value is -4.91. The minimum Gasteiger partial charge on any atom is -0.438 e. The van der Waals surface area contributed by atoms with E-state index >= 15 is 0 Å². The molecule has 3 aromatic rings. The Morgan fingerprint density at radius 2 is 1.88 bits per heavy atom. The number of urea groups is 1. The molecule has 1 saturated heterocycles. The molecule has 0 bridgehead atoms. The summed E-state index contributed by atoms with van der Waals surface area (Å²) in [7, 11) is 1.46. The van der Waals surface area contributed by atoms with Crippen LogP contribution in [0.1, 0.15) is 29.4 Å². The van der Waals surface area contributed by atoms with Crippen molar-refractivity contribution < 1.29 is 23.5 Å². The lowest BCUT2D eigenvalue weighted by Gasteiger charge is -2.26. The highest BCUT2D eigenvalue weighted by Gasteiger charge is 2.24. The number of aromatic nitrogens is 2. The Labute approximate surface area is 242 Å². The molecule has 1 aromatic heterocycles. The highest BCUT2D eigenvalue weighted by molar-refractivity contribution is 6.05. The van der Waals surface area contributed by atoms with Gasteiger partial charge in [0.15, 0.2) is 17.4 Å². The molecule has 0 atom stereocenters. The highest BCUT2D eigenvalue weighted by atomic mass is 19.1. The van der Waals surface area contributed by atoms with Gasteiger partial charge in [0.05, 0.1) is 24.6 Å². The Morgan fingerprint density at radius 1 is 1.17 bits per heavy atom. The van der Waals surface area contributed by atoms with E-state index in [4.69, 9.17) is 15.2 Å². The first kappa shape index (κ1) is 30.1. The third-order valence-corrected chi connectivity index (χ3v) is 6.53. The number of ether oxygens (including phenoxy) is 2. The van der Waals surface area contributed by atoms with Gasteiger partial charge in [-0.2, -0.15) is 0 Å². The van der Waals surface area contributed by atoms with Gasteiger partial charge < -0.3 is 25.4 Å². The van der Waals surface area contributed by atoms with Crippen LogP contribution >= 0.6 is 0 Å². The topological polar surface area (TPSA) is 145 Å². The Balaban J connectivity index is 1.47. The van der Waals surface area contributed by atoms with Crippen molar-refractivity contribution in [1.82, 2.24) is 19.6 Å². The van der Waals surface area contributed by atoms with Crippen LogP contribution in [0.2, 0.25) is 0 Å². The molecule has 2 heterocycles. The van der Waals surface area contributed by atoms with Crippen molar-refractivity contribution in [2.75, 3.05) is 38.7 Å². The SMILES string of the molecule is CCCn1c(C)c(C(=O)Nc2ccc(OC(N)=CC(=NC)NC(=O)N3CCOCC3)c(F)c2)c(=O)n1-c1ccccc1. The number of para-hydroxylation sites is 1. The summed E-state index contributed by atoms with van der Waals surface area (Å²) < 4.78 is 28.8. The van der Waals surface area contributed by atoms with E-state index in [1.807, 2.05) is 25.1 Å². The maximum absolute atomic E-state index is 14.9. The van der Waals surface area contributed by atoms with Crippen LogP contribution in [0.25, 0.3) is 5.69 Å². The van der Waals surface area contributed by atoms with Crippen molar-refractivity contribution in [3.8, 4) is 11.4 Å². The fourth-order valence-corrected chi connectivity index (χ4v) is 4.47. The van der Waals surface area contributed by atoms with Gasteiger partial charge in [-0.25, -0.2) is 13.9 Å². The van der Waals surface area contributed by atoms with Crippen LogP contribution in [-0.2, 0) is 11.3 Å². The van der Waals surface area contributed by atoms with E-state index in [0.29, 0.717) is 44.2 Å². The number of carbonyl (C=O) groups is 2. The molecule has 4 rings (SSSR count). The monoisotopic (exact) mass is 579 g/mol. The maximum atomic E-state index is 14.9. The van der Waals surface area contributed by atoms with Crippen molar-refractivity contribution >= 4 is 23.5 Å². The summed E-state index contributed by atoms with van der Waals surface area (Å²) in [6.07, 6.45) is 2.01. The average molecular weight is 580 g/mol. The number of carbonyl (C=O) groups excluding carboxylic acids is 2. The molecule has 0 aliphatic carbocycles. The van der Waals surface area contributed by atoms with E-state index in [2.05, 4.69) is 15.6 Å². The van der Waals surface area contributed by atoms with Crippen LogP contribution in [0.4, 0.5) is 14.9 Å². The van der Waals surface area contributed by atoms with E-state index in [0.717, 1.165) is 12.5 Å². The van der Waals surface area contributed by atoms with Gasteiger partial charge in [0.1, 0.15) is 11.4 Å². The lowest BCUT2D eigenvalue weighted by Crippen LogP contribution is -2.47. The van der Waals surface area contributed by atoms with Gasteiger partial charge >= 0.3 is 6.03 Å². The number of hydrogen-bond donors (Lipinski definition) is 3. The number of morpholine rings is 1. The standard InChI is InChI=1S/C29H34FN7O5/c1-4-12-36-19(2)26(28(39)37(36)21-8-6-5-7-9-21)27(38)33-20-10-11-23(22(30)17-20)42-24(31)18-25(32-3)34-29(40)35-13-15-41-16-14-35/h5-11,17-18H,4,12-16,31H2,1-3H3,(H,33,38)(H,32,34,40). The largest absolute Gasteiger partial charge is 0.438 e. The number of aliphatic imine (C=N–C) groups is 1. The first-order chi connectivity index (χ1) is 20.2. The minimum absolute atomic E-state index is 0.0364. The average Bonchev–Trinajstić information content (AvgIpc) is 3.23. The van der Waals surface area contributed by atoms with Crippen LogP contribution in [0, 0.1) is 12.7 Å². The Morgan fingerprint density at radius 3 is 2.52 bits per heavy atom. The van der Waals surface area contributed by atoms with Gasteiger partial charge in [0.2, 0.25) is 0 Å². The van der Waals surface area contributed by atoms with Crippen LogP contribution in [0.15, 0.2) is 70.3 Å². The summed E-state index contributed by atoms with van der Waals surface area (Å²) in [4.78, 5) is 44.5. The number of hydrogen-bond acceptors (Lipinski definition) is 7. The van der Waals surface area contributed by atoms with Gasteiger partial charge in [0, 0.05) is 44.5 Å². The summed E-state index contributed by atoms with van der Waals surface area (Å²) in [5.74, 6) is -1.78. The predicted molar refractivity (Wildman–Crippen MR) is 157 cm³/mol. The van der Waals surface area contributed by atoms with Gasteiger partial charge in [-0.1, -0.05) is 25.1 Å². The molecule has 2 aromatic carbocycles. The Kier molecular flexibility index (Phi) is 9.76. The molecule has 222 valence electrons. The van der Waals surface area contributed by atoms with E-state index in [1.54, 1.807) is 28.6 Å². The van der Waals surface area contributed by atoms with Crippen LogP contribution in [-0.4, -0.2) is 65.4 Å². The maximum Gasteiger partial charge on any atom is 0.323 e. The molecular formula is C29H34FN7O5. The summed E-state index contributed by atoms with van der Waals surface area (Å²) in [5, 5.41) is 5.22. The smallest absolute Gasteiger partial charge is 0.323 e. The second-order valence-electron chi connectivity index (χ2n) is 9.42. The summed E-state index contributed by atoms with van der Waals surface area (Å²) in [5.41, 5.74) is 6.66. The predicted octanol–water partition coefficient (Wildman–Crippen LogP) is 3.00. The number of halogens is 1. The van der Waals surface area contributed by atoms with Gasteiger partial charge in [-0.15, -0.1) is 0 Å². The third kappa shape index (κ3) is 6.86. The Bertz CT molecular complexity index is 1560. The highest BCUT2D eigenvalue weighted by Crippen LogP contribution is 2.23. The lowest BCUT2D eigenvalue weighted by atomic mass is 10.2. The van der Waals surface area contributed by atoms with E-state index in [1.165, 1.54) is 29.9 Å². The van der Waals surface area contributed by atoms with Crippen molar-refractivity contribution in [3.05, 3.63) is 87.9 Å². The van der Waals surface area contributed by atoms with Crippen molar-refractivity contribution in [3.63, 3.8) is 0 Å². The molecule has 1 aliphatic heterocycles. The van der Waals surface area contributed by atoms with Crippen LogP contribution in [0.5, 0.6) is 5.75 Å².